The number of carbonyl (C=O) groups is 1. The van der Waals surface area contributed by atoms with Crippen molar-refractivity contribution in [2.24, 2.45) is 4.99 Å². The van der Waals surface area contributed by atoms with Crippen molar-refractivity contribution in [3.8, 4) is 5.75 Å². The van der Waals surface area contributed by atoms with Crippen LogP contribution in [0.25, 0.3) is 6.08 Å². The molecular weight excluding hydrogens is 342 g/mol. The highest BCUT2D eigenvalue weighted by molar-refractivity contribution is 6.12. The molecule has 0 unspecified atom stereocenters. The van der Waals surface area contributed by atoms with Crippen molar-refractivity contribution in [2.45, 2.75) is 6.61 Å². The molecule has 8 heteroatoms. The molecule has 0 aromatic heterocycles. The van der Waals surface area contributed by atoms with Crippen LogP contribution < -0.4 is 4.74 Å². The summed E-state index contributed by atoms with van der Waals surface area (Å²) in [5, 5.41) is 0. The molecule has 0 amide bonds. The van der Waals surface area contributed by atoms with E-state index in [4.69, 9.17) is 4.74 Å². The molecule has 0 saturated heterocycles. The summed E-state index contributed by atoms with van der Waals surface area (Å²) in [5.41, 5.74) is -0.0247. The van der Waals surface area contributed by atoms with Crippen LogP contribution in [0.3, 0.4) is 0 Å². The molecule has 0 saturated carbocycles. The van der Waals surface area contributed by atoms with E-state index in [1.807, 2.05) is 0 Å². The van der Waals surface area contributed by atoms with Gasteiger partial charge in [-0.2, -0.15) is 8.78 Å². The van der Waals surface area contributed by atoms with Crippen LogP contribution in [0.2, 0.25) is 0 Å². The van der Waals surface area contributed by atoms with Crippen LogP contribution in [-0.4, -0.2) is 18.5 Å². The molecule has 2 aromatic carbocycles. The number of esters is 1. The average Bonchev–Trinajstić information content (AvgIpc) is 2.91. The number of ether oxygens (including phenoxy) is 2. The van der Waals surface area contributed by atoms with Crippen LogP contribution >= 0.6 is 0 Å². The number of cyclic esters (lactones) is 1. The highest BCUT2D eigenvalue weighted by atomic mass is 19.3. The molecule has 0 radical (unpaired) electrons. The lowest BCUT2D eigenvalue weighted by Crippen LogP contribution is -2.07. The van der Waals surface area contributed by atoms with Crippen LogP contribution in [0.15, 0.2) is 53.2 Å². The van der Waals surface area contributed by atoms with Crippen LogP contribution in [0.5, 0.6) is 5.75 Å². The van der Waals surface area contributed by atoms with Gasteiger partial charge in [0.1, 0.15) is 17.4 Å². The molecule has 0 N–H and O–H groups in total. The maximum absolute atomic E-state index is 13.7. The number of alkyl halides is 2. The minimum atomic E-state index is -3.00. The monoisotopic (exact) mass is 351 g/mol. The van der Waals surface area contributed by atoms with E-state index >= 15 is 0 Å². The second-order valence-corrected chi connectivity index (χ2v) is 4.91. The first kappa shape index (κ1) is 16.7. The third kappa shape index (κ3) is 3.85. The summed E-state index contributed by atoms with van der Waals surface area (Å²) in [6.07, 6.45) is 1.10. The number of aliphatic imine (C=N–C) groups is 1. The van der Waals surface area contributed by atoms with Gasteiger partial charge in [0.25, 0.3) is 0 Å². The largest absolute Gasteiger partial charge is 0.435 e. The molecule has 1 aliphatic rings. The number of nitrogens with zero attached hydrogens (tertiary/aromatic N) is 1. The van der Waals surface area contributed by atoms with E-state index in [-0.39, 0.29) is 28.5 Å². The second kappa shape index (κ2) is 6.76. The topological polar surface area (TPSA) is 47.9 Å². The summed E-state index contributed by atoms with van der Waals surface area (Å²) in [6.45, 7) is -3.00. The van der Waals surface area contributed by atoms with Gasteiger partial charge in [-0.3, -0.25) is 0 Å². The van der Waals surface area contributed by atoms with E-state index in [1.54, 1.807) is 0 Å². The van der Waals surface area contributed by atoms with Crippen molar-refractivity contribution in [3.63, 3.8) is 0 Å². The van der Waals surface area contributed by atoms with Gasteiger partial charge >= 0.3 is 12.6 Å². The summed E-state index contributed by atoms with van der Waals surface area (Å²) in [6, 6.07) is 8.28. The van der Waals surface area contributed by atoms with Crippen LogP contribution in [-0.2, 0) is 9.53 Å². The minimum Gasteiger partial charge on any atom is -0.435 e. The number of rotatable bonds is 4. The van der Waals surface area contributed by atoms with Gasteiger partial charge < -0.3 is 9.47 Å². The Morgan fingerprint density at radius 1 is 1.12 bits per heavy atom. The molecule has 4 nitrogen and oxygen atoms in total. The maximum Gasteiger partial charge on any atom is 0.387 e. The Labute approximate surface area is 139 Å². The normalized spacial score (nSPS) is 15.5. The summed E-state index contributed by atoms with van der Waals surface area (Å²) >= 11 is 0. The SMILES string of the molecule is O=C1OC(c2cccc(OC(F)F)c2)=NC1=Cc1ccc(F)cc1F. The van der Waals surface area contributed by atoms with E-state index in [0.717, 1.165) is 18.2 Å². The molecule has 128 valence electrons. The van der Waals surface area contributed by atoms with Gasteiger partial charge in [-0.05, 0) is 36.4 Å². The van der Waals surface area contributed by atoms with Gasteiger partial charge in [0.2, 0.25) is 5.90 Å². The lowest BCUT2D eigenvalue weighted by molar-refractivity contribution is -0.129. The van der Waals surface area contributed by atoms with Crippen molar-refractivity contribution in [1.82, 2.24) is 0 Å². The Kier molecular flexibility index (Phi) is 4.51. The third-order valence-electron chi connectivity index (χ3n) is 3.18. The summed E-state index contributed by atoms with van der Waals surface area (Å²) in [7, 11) is 0. The number of hydrogen-bond acceptors (Lipinski definition) is 4. The molecule has 0 fully saturated rings. The number of halogens is 4. The molecule has 0 atom stereocenters. The minimum absolute atomic E-state index is 0.0480. The molecule has 1 aliphatic heterocycles. The van der Waals surface area contributed by atoms with Gasteiger partial charge in [0.15, 0.2) is 5.70 Å². The smallest absolute Gasteiger partial charge is 0.387 e. The fourth-order valence-electron chi connectivity index (χ4n) is 2.10. The first-order valence-electron chi connectivity index (χ1n) is 6.95. The molecule has 0 spiro atoms. The van der Waals surface area contributed by atoms with Crippen LogP contribution in [0.4, 0.5) is 17.6 Å². The Bertz CT molecular complexity index is 893. The molecule has 1 heterocycles. The quantitative estimate of drug-likeness (QED) is 0.477. The fraction of sp³-hybridized carbons (Fsp3) is 0.0588. The Morgan fingerprint density at radius 3 is 2.64 bits per heavy atom. The average molecular weight is 351 g/mol. The van der Waals surface area contributed by atoms with E-state index in [9.17, 15) is 22.4 Å². The number of carbonyl (C=O) groups excluding carboxylic acids is 1. The van der Waals surface area contributed by atoms with Crippen LogP contribution in [0, 0.1) is 11.6 Å². The Balaban J connectivity index is 1.91. The van der Waals surface area contributed by atoms with Gasteiger partial charge in [0.05, 0.1) is 0 Å². The Morgan fingerprint density at radius 2 is 1.92 bits per heavy atom. The zero-order valence-corrected chi connectivity index (χ0v) is 12.4. The highest BCUT2D eigenvalue weighted by Gasteiger charge is 2.25. The van der Waals surface area contributed by atoms with E-state index in [0.29, 0.717) is 6.07 Å². The zero-order valence-electron chi connectivity index (χ0n) is 12.4. The number of benzene rings is 2. The predicted molar refractivity (Wildman–Crippen MR) is 80.0 cm³/mol. The standard InChI is InChI=1S/C17H9F4NO3/c18-11-5-4-9(13(19)8-11)7-14-16(23)25-15(22-14)10-2-1-3-12(6-10)24-17(20)21/h1-8,17H. The molecule has 25 heavy (non-hydrogen) atoms. The van der Waals surface area contributed by atoms with Crippen molar-refractivity contribution in [1.29, 1.82) is 0 Å². The van der Waals surface area contributed by atoms with E-state index in [2.05, 4.69) is 9.73 Å². The van der Waals surface area contributed by atoms with Crippen molar-refractivity contribution < 1.29 is 31.8 Å². The predicted octanol–water partition coefficient (Wildman–Crippen LogP) is 3.91. The van der Waals surface area contributed by atoms with Gasteiger partial charge in [-0.25, -0.2) is 18.6 Å². The highest BCUT2D eigenvalue weighted by Crippen LogP contribution is 2.23. The molecular formula is C17H9F4NO3. The first-order chi connectivity index (χ1) is 11.9. The molecule has 0 aliphatic carbocycles. The van der Waals surface area contributed by atoms with Gasteiger partial charge in [-0.1, -0.05) is 6.07 Å². The third-order valence-corrected chi connectivity index (χ3v) is 3.18. The number of hydrogen-bond donors (Lipinski definition) is 0. The van der Waals surface area contributed by atoms with Crippen LogP contribution in [0.1, 0.15) is 11.1 Å². The second-order valence-electron chi connectivity index (χ2n) is 4.91. The zero-order chi connectivity index (χ0) is 18.0. The summed E-state index contributed by atoms with van der Waals surface area (Å²) in [5.74, 6) is -2.74. The van der Waals surface area contributed by atoms with E-state index in [1.165, 1.54) is 24.3 Å². The molecule has 3 rings (SSSR count). The summed E-state index contributed by atoms with van der Waals surface area (Å²) < 4.78 is 60.3. The maximum atomic E-state index is 13.7. The summed E-state index contributed by atoms with van der Waals surface area (Å²) in [4.78, 5) is 15.8. The van der Waals surface area contributed by atoms with Crippen molar-refractivity contribution in [2.75, 3.05) is 0 Å². The van der Waals surface area contributed by atoms with E-state index < -0.39 is 24.2 Å². The lowest BCUT2D eigenvalue weighted by atomic mass is 10.2. The van der Waals surface area contributed by atoms with Crippen molar-refractivity contribution >= 4 is 17.9 Å². The molecule has 2 aromatic rings. The molecule has 0 bridgehead atoms. The first-order valence-corrected chi connectivity index (χ1v) is 6.95. The van der Waals surface area contributed by atoms with Gasteiger partial charge in [0, 0.05) is 17.2 Å². The van der Waals surface area contributed by atoms with Crippen molar-refractivity contribution in [3.05, 3.63) is 70.9 Å². The lowest BCUT2D eigenvalue weighted by Gasteiger charge is -2.05. The Hall–Kier alpha value is -3.16. The van der Waals surface area contributed by atoms with Gasteiger partial charge in [-0.15, -0.1) is 0 Å². The fourth-order valence-corrected chi connectivity index (χ4v) is 2.10.